The lowest BCUT2D eigenvalue weighted by molar-refractivity contribution is 0.415. The highest BCUT2D eigenvalue weighted by molar-refractivity contribution is 5.98. The van der Waals surface area contributed by atoms with Gasteiger partial charge in [-0.2, -0.15) is 0 Å². The molecular weight excluding hydrogens is 328 g/mol. The number of methoxy groups -OCH3 is 1. The Morgan fingerprint density at radius 1 is 0.846 bits per heavy atom. The first kappa shape index (κ1) is 16.0. The predicted molar refractivity (Wildman–Crippen MR) is 102 cm³/mol. The fourth-order valence-corrected chi connectivity index (χ4v) is 3.07. The molecule has 128 valence electrons. The van der Waals surface area contributed by atoms with Crippen molar-refractivity contribution in [1.29, 1.82) is 0 Å². The van der Waals surface area contributed by atoms with E-state index < -0.39 is 5.63 Å². The minimum atomic E-state index is -0.580. The van der Waals surface area contributed by atoms with Gasteiger partial charge < -0.3 is 14.3 Å². The van der Waals surface area contributed by atoms with Crippen molar-refractivity contribution in [2.45, 2.75) is 0 Å². The monoisotopic (exact) mass is 344 g/mol. The molecule has 1 heterocycles. The van der Waals surface area contributed by atoms with Crippen molar-refractivity contribution in [2.24, 2.45) is 0 Å². The van der Waals surface area contributed by atoms with Crippen molar-refractivity contribution < 1.29 is 14.3 Å². The predicted octanol–water partition coefficient (Wildman–Crippen LogP) is 4.84. The van der Waals surface area contributed by atoms with Gasteiger partial charge in [-0.15, -0.1) is 0 Å². The Kier molecular flexibility index (Phi) is 3.93. The molecule has 0 bridgehead atoms. The second kappa shape index (κ2) is 6.41. The standard InChI is InChI=1S/C22H16O4/c1-25-16-12-10-15(11-13-16)19-20(23)18-9-5-8-17(21(18)26-22(19)24)14-6-3-2-4-7-14/h2-13,23H,1H3. The number of benzene rings is 3. The first-order valence-corrected chi connectivity index (χ1v) is 8.17. The number of rotatable bonds is 3. The molecule has 0 saturated heterocycles. The zero-order valence-corrected chi connectivity index (χ0v) is 14.1. The summed E-state index contributed by atoms with van der Waals surface area (Å²) in [5.74, 6) is 0.587. The summed E-state index contributed by atoms with van der Waals surface area (Å²) in [6.45, 7) is 0. The molecule has 0 fully saturated rings. The fraction of sp³-hybridized carbons (Fsp3) is 0.0455. The van der Waals surface area contributed by atoms with Crippen LogP contribution >= 0.6 is 0 Å². The molecule has 0 spiro atoms. The largest absolute Gasteiger partial charge is 0.506 e. The molecule has 4 heteroatoms. The topological polar surface area (TPSA) is 59.7 Å². The van der Waals surface area contributed by atoms with E-state index in [4.69, 9.17) is 9.15 Å². The first-order chi connectivity index (χ1) is 12.7. The van der Waals surface area contributed by atoms with Crippen LogP contribution in [0.1, 0.15) is 0 Å². The number of aromatic hydroxyl groups is 1. The highest BCUT2D eigenvalue weighted by Gasteiger charge is 2.18. The molecule has 0 amide bonds. The molecule has 4 rings (SSSR count). The number of ether oxygens (including phenoxy) is 1. The van der Waals surface area contributed by atoms with E-state index in [1.54, 1.807) is 37.4 Å². The van der Waals surface area contributed by atoms with Crippen molar-refractivity contribution in [3.63, 3.8) is 0 Å². The summed E-state index contributed by atoms with van der Waals surface area (Å²) in [7, 11) is 1.57. The van der Waals surface area contributed by atoms with E-state index in [1.807, 2.05) is 42.5 Å². The maximum Gasteiger partial charge on any atom is 0.348 e. The Bertz CT molecular complexity index is 1130. The summed E-state index contributed by atoms with van der Waals surface area (Å²) in [5, 5.41) is 11.3. The Labute approximate surface area is 149 Å². The van der Waals surface area contributed by atoms with Crippen LogP contribution in [0.25, 0.3) is 33.2 Å². The Morgan fingerprint density at radius 2 is 1.58 bits per heavy atom. The average molecular weight is 344 g/mol. The molecule has 0 radical (unpaired) electrons. The Balaban J connectivity index is 1.97. The summed E-state index contributed by atoms with van der Waals surface area (Å²) in [5.41, 5.74) is 2.19. The number of para-hydroxylation sites is 1. The van der Waals surface area contributed by atoms with Crippen molar-refractivity contribution in [3.05, 3.63) is 83.2 Å². The first-order valence-electron chi connectivity index (χ1n) is 8.17. The summed E-state index contributed by atoms with van der Waals surface area (Å²) >= 11 is 0. The third-order valence-corrected chi connectivity index (χ3v) is 4.37. The molecular formula is C22H16O4. The third-order valence-electron chi connectivity index (χ3n) is 4.37. The molecule has 0 aliphatic rings. The van der Waals surface area contributed by atoms with Crippen LogP contribution in [0.15, 0.2) is 82.0 Å². The molecule has 3 aromatic carbocycles. The third kappa shape index (κ3) is 2.62. The van der Waals surface area contributed by atoms with E-state index in [0.29, 0.717) is 22.3 Å². The smallest absolute Gasteiger partial charge is 0.348 e. The van der Waals surface area contributed by atoms with E-state index in [0.717, 1.165) is 11.1 Å². The van der Waals surface area contributed by atoms with Crippen molar-refractivity contribution in [1.82, 2.24) is 0 Å². The van der Waals surface area contributed by atoms with Gasteiger partial charge in [-0.3, -0.25) is 0 Å². The van der Waals surface area contributed by atoms with Gasteiger partial charge in [0, 0.05) is 5.56 Å². The zero-order valence-electron chi connectivity index (χ0n) is 14.1. The molecule has 0 aliphatic heterocycles. The Morgan fingerprint density at radius 3 is 2.27 bits per heavy atom. The van der Waals surface area contributed by atoms with Gasteiger partial charge in [0.2, 0.25) is 0 Å². The van der Waals surface area contributed by atoms with Gasteiger partial charge in [-0.05, 0) is 29.3 Å². The summed E-state index contributed by atoms with van der Waals surface area (Å²) < 4.78 is 10.8. The van der Waals surface area contributed by atoms with Crippen LogP contribution in [0.2, 0.25) is 0 Å². The van der Waals surface area contributed by atoms with Crippen LogP contribution < -0.4 is 10.4 Å². The molecule has 0 aliphatic carbocycles. The van der Waals surface area contributed by atoms with Gasteiger partial charge in [-0.25, -0.2) is 4.79 Å². The number of hydrogen-bond donors (Lipinski definition) is 1. The van der Waals surface area contributed by atoms with Crippen molar-refractivity contribution >= 4 is 11.0 Å². The second-order valence-corrected chi connectivity index (χ2v) is 5.89. The van der Waals surface area contributed by atoms with E-state index in [-0.39, 0.29) is 11.3 Å². The van der Waals surface area contributed by atoms with Crippen LogP contribution in [0.5, 0.6) is 11.5 Å². The fourth-order valence-electron chi connectivity index (χ4n) is 3.07. The van der Waals surface area contributed by atoms with Crippen LogP contribution in [0, 0.1) is 0 Å². The Hall–Kier alpha value is -3.53. The number of fused-ring (bicyclic) bond motifs is 1. The molecule has 0 unspecified atom stereocenters. The molecule has 0 saturated carbocycles. The number of hydrogen-bond acceptors (Lipinski definition) is 4. The maximum absolute atomic E-state index is 12.6. The second-order valence-electron chi connectivity index (χ2n) is 5.89. The molecule has 26 heavy (non-hydrogen) atoms. The zero-order chi connectivity index (χ0) is 18.1. The molecule has 1 aromatic heterocycles. The minimum absolute atomic E-state index is 0.0841. The molecule has 0 atom stereocenters. The molecule has 1 N–H and O–H groups in total. The normalized spacial score (nSPS) is 10.8. The lowest BCUT2D eigenvalue weighted by Gasteiger charge is -2.10. The average Bonchev–Trinajstić information content (AvgIpc) is 2.69. The van der Waals surface area contributed by atoms with E-state index in [9.17, 15) is 9.90 Å². The van der Waals surface area contributed by atoms with E-state index in [2.05, 4.69) is 0 Å². The van der Waals surface area contributed by atoms with Gasteiger partial charge in [0.25, 0.3) is 0 Å². The van der Waals surface area contributed by atoms with Crippen LogP contribution in [-0.4, -0.2) is 12.2 Å². The minimum Gasteiger partial charge on any atom is -0.506 e. The van der Waals surface area contributed by atoms with E-state index in [1.165, 1.54) is 0 Å². The summed E-state index contributed by atoms with van der Waals surface area (Å²) in [4.78, 5) is 12.6. The van der Waals surface area contributed by atoms with Crippen LogP contribution in [0.3, 0.4) is 0 Å². The van der Waals surface area contributed by atoms with Gasteiger partial charge in [0.05, 0.1) is 12.5 Å². The lowest BCUT2D eigenvalue weighted by atomic mass is 9.99. The van der Waals surface area contributed by atoms with Gasteiger partial charge in [-0.1, -0.05) is 54.6 Å². The van der Waals surface area contributed by atoms with E-state index >= 15 is 0 Å². The van der Waals surface area contributed by atoms with Gasteiger partial charge in [0.1, 0.15) is 22.6 Å². The highest BCUT2D eigenvalue weighted by atomic mass is 16.5. The van der Waals surface area contributed by atoms with Gasteiger partial charge >= 0.3 is 5.63 Å². The van der Waals surface area contributed by atoms with Crippen molar-refractivity contribution in [2.75, 3.05) is 7.11 Å². The van der Waals surface area contributed by atoms with Crippen LogP contribution in [0.4, 0.5) is 0 Å². The summed E-state index contributed by atoms with van der Waals surface area (Å²) in [6, 6.07) is 22.0. The lowest BCUT2D eigenvalue weighted by Crippen LogP contribution is -2.04. The SMILES string of the molecule is COc1ccc(-c2c(O)c3cccc(-c4ccccc4)c3oc2=O)cc1. The van der Waals surface area contributed by atoms with Crippen molar-refractivity contribution in [3.8, 4) is 33.8 Å². The van der Waals surface area contributed by atoms with Crippen LogP contribution in [-0.2, 0) is 0 Å². The quantitative estimate of drug-likeness (QED) is 0.540. The van der Waals surface area contributed by atoms with Gasteiger partial charge in [0.15, 0.2) is 0 Å². The maximum atomic E-state index is 12.6. The highest BCUT2D eigenvalue weighted by Crippen LogP contribution is 2.37. The molecule has 4 aromatic rings. The molecule has 4 nitrogen and oxygen atoms in total. The summed E-state index contributed by atoms with van der Waals surface area (Å²) in [6.07, 6.45) is 0.